The summed E-state index contributed by atoms with van der Waals surface area (Å²) in [5.41, 5.74) is 2.40. The van der Waals surface area contributed by atoms with Crippen molar-refractivity contribution in [2.75, 3.05) is 11.9 Å². The fourth-order valence-corrected chi connectivity index (χ4v) is 6.57. The van der Waals surface area contributed by atoms with Gasteiger partial charge in [0.1, 0.15) is 0 Å². The Labute approximate surface area is 188 Å². The summed E-state index contributed by atoms with van der Waals surface area (Å²) in [4.78, 5) is 23.6. The summed E-state index contributed by atoms with van der Waals surface area (Å²) in [7, 11) is -3.92. The third-order valence-electron chi connectivity index (χ3n) is 5.79. The van der Waals surface area contributed by atoms with Gasteiger partial charge in [-0.15, -0.1) is 0 Å². The molecule has 0 aliphatic heterocycles. The van der Waals surface area contributed by atoms with E-state index in [0.717, 1.165) is 24.8 Å². The first-order valence-corrected chi connectivity index (χ1v) is 12.2. The highest BCUT2D eigenvalue weighted by Gasteiger charge is 2.35. The zero-order valence-electron chi connectivity index (χ0n) is 18.6. The normalized spacial score (nSPS) is 15.0. The molecule has 1 aliphatic rings. The molecule has 0 bridgehead atoms. The summed E-state index contributed by atoms with van der Waals surface area (Å²) in [5, 5.41) is 13.6. The maximum Gasteiger partial charge on any atom is 0.271 e. The molecule has 0 aromatic heterocycles. The summed E-state index contributed by atoms with van der Waals surface area (Å²) in [5.74, 6) is -0.526. The molecule has 0 unspecified atom stereocenters. The van der Waals surface area contributed by atoms with E-state index < -0.39 is 20.9 Å². The molecular weight excluding hydrogens is 430 g/mol. The van der Waals surface area contributed by atoms with Crippen molar-refractivity contribution < 1.29 is 18.1 Å². The lowest BCUT2D eigenvalue weighted by molar-refractivity contribution is -0.384. The van der Waals surface area contributed by atoms with Gasteiger partial charge in [0, 0.05) is 23.9 Å². The van der Waals surface area contributed by atoms with Crippen LogP contribution < -0.4 is 5.32 Å². The van der Waals surface area contributed by atoms with E-state index >= 15 is 0 Å². The summed E-state index contributed by atoms with van der Waals surface area (Å²) >= 11 is 0. The van der Waals surface area contributed by atoms with Crippen LogP contribution in [0, 0.1) is 30.9 Å². The minimum Gasteiger partial charge on any atom is -0.325 e. The van der Waals surface area contributed by atoms with Gasteiger partial charge in [0.25, 0.3) is 5.69 Å². The number of non-ortho nitro benzene ring substituents is 1. The summed E-state index contributed by atoms with van der Waals surface area (Å²) in [6.07, 6.45) is 4.28. The molecule has 1 amide bonds. The van der Waals surface area contributed by atoms with E-state index in [4.69, 9.17) is 0 Å². The fourth-order valence-electron chi connectivity index (χ4n) is 4.51. The topological polar surface area (TPSA) is 110 Å². The molecule has 172 valence electrons. The molecule has 3 rings (SSSR count). The number of rotatable bonds is 7. The minimum absolute atomic E-state index is 0.148. The molecule has 9 heteroatoms. The van der Waals surface area contributed by atoms with Crippen molar-refractivity contribution in [1.82, 2.24) is 4.31 Å². The number of amides is 1. The Hall–Kier alpha value is -2.78. The van der Waals surface area contributed by atoms with Crippen LogP contribution in [0.4, 0.5) is 11.4 Å². The predicted molar refractivity (Wildman–Crippen MR) is 123 cm³/mol. The zero-order chi connectivity index (χ0) is 23.5. The molecule has 1 saturated carbocycles. The lowest BCUT2D eigenvalue weighted by atomic mass is 9.95. The van der Waals surface area contributed by atoms with Gasteiger partial charge in [-0.3, -0.25) is 14.9 Å². The molecule has 0 heterocycles. The van der Waals surface area contributed by atoms with Gasteiger partial charge >= 0.3 is 0 Å². The fraction of sp³-hybridized carbons (Fsp3) is 0.435. The van der Waals surface area contributed by atoms with Gasteiger partial charge in [-0.05, 0) is 50.8 Å². The van der Waals surface area contributed by atoms with E-state index in [0.29, 0.717) is 24.0 Å². The molecule has 0 atom stereocenters. The Balaban J connectivity index is 1.92. The van der Waals surface area contributed by atoms with Crippen LogP contribution in [0.25, 0.3) is 0 Å². The second-order valence-corrected chi connectivity index (χ2v) is 10.3. The number of hydrogen-bond donors (Lipinski definition) is 1. The van der Waals surface area contributed by atoms with E-state index in [2.05, 4.69) is 5.32 Å². The summed E-state index contributed by atoms with van der Waals surface area (Å²) < 4.78 is 28.9. The highest BCUT2D eigenvalue weighted by atomic mass is 32.2. The molecule has 0 radical (unpaired) electrons. The van der Waals surface area contributed by atoms with Gasteiger partial charge < -0.3 is 5.32 Å². The molecule has 1 N–H and O–H groups in total. The van der Waals surface area contributed by atoms with Crippen LogP contribution in [0.3, 0.4) is 0 Å². The Morgan fingerprint density at radius 3 is 2.31 bits per heavy atom. The van der Waals surface area contributed by atoms with E-state index in [9.17, 15) is 23.3 Å². The number of nitro groups is 1. The number of carbonyl (C=O) groups excluding carboxylic acids is 1. The average Bonchev–Trinajstić information content (AvgIpc) is 2.71. The van der Waals surface area contributed by atoms with Gasteiger partial charge in [0.05, 0.1) is 16.4 Å². The van der Waals surface area contributed by atoms with Crippen molar-refractivity contribution in [3.63, 3.8) is 0 Å². The van der Waals surface area contributed by atoms with Crippen molar-refractivity contribution in [1.29, 1.82) is 0 Å². The van der Waals surface area contributed by atoms with Gasteiger partial charge in [-0.1, -0.05) is 43.0 Å². The molecular formula is C23H29N3O5S. The Morgan fingerprint density at radius 1 is 1.09 bits per heavy atom. The maximum absolute atomic E-state index is 13.8. The largest absolute Gasteiger partial charge is 0.325 e. The molecule has 1 aliphatic carbocycles. The number of anilines is 1. The number of hydrogen-bond acceptors (Lipinski definition) is 5. The minimum atomic E-state index is -3.92. The first kappa shape index (κ1) is 23.9. The second kappa shape index (κ2) is 9.79. The standard InChI is InChI=1S/C23H29N3O5S/c1-16-12-17(2)23(18(3)13-16)32(30,31)25(20-9-5-4-6-10-20)15-22(27)24-19-8-7-11-21(14-19)26(28)29/h7-8,11-14,20H,4-6,9-10,15H2,1-3H3,(H,24,27). The van der Waals surface area contributed by atoms with Crippen LogP contribution in [0.1, 0.15) is 48.8 Å². The SMILES string of the molecule is Cc1cc(C)c(S(=O)(=O)N(CC(=O)Nc2cccc([N+](=O)[O-])c2)C2CCCCC2)c(C)c1. The smallest absolute Gasteiger partial charge is 0.271 e. The summed E-state index contributed by atoms with van der Waals surface area (Å²) in [6.45, 7) is 5.12. The number of sulfonamides is 1. The van der Waals surface area contributed by atoms with Crippen molar-refractivity contribution in [2.45, 2.75) is 63.8 Å². The van der Waals surface area contributed by atoms with E-state index in [1.54, 1.807) is 19.9 Å². The van der Waals surface area contributed by atoms with Crippen LogP contribution in [-0.2, 0) is 14.8 Å². The average molecular weight is 460 g/mol. The number of nitro benzene ring substituents is 1. The highest BCUT2D eigenvalue weighted by molar-refractivity contribution is 7.89. The Morgan fingerprint density at radius 2 is 1.72 bits per heavy atom. The van der Waals surface area contributed by atoms with E-state index in [1.165, 1.54) is 22.5 Å². The van der Waals surface area contributed by atoms with Gasteiger partial charge in [-0.25, -0.2) is 8.42 Å². The van der Waals surface area contributed by atoms with Crippen LogP contribution in [0.15, 0.2) is 41.3 Å². The third-order valence-corrected chi connectivity index (χ3v) is 8.00. The third kappa shape index (κ3) is 5.34. The number of nitrogens with one attached hydrogen (secondary N) is 1. The first-order valence-electron chi connectivity index (χ1n) is 10.7. The molecule has 0 spiro atoms. The molecule has 8 nitrogen and oxygen atoms in total. The Bertz CT molecular complexity index is 1100. The first-order chi connectivity index (χ1) is 15.1. The van der Waals surface area contributed by atoms with Crippen LogP contribution in [-0.4, -0.2) is 36.1 Å². The molecule has 32 heavy (non-hydrogen) atoms. The van der Waals surface area contributed by atoms with Crippen molar-refractivity contribution in [3.8, 4) is 0 Å². The number of benzene rings is 2. The van der Waals surface area contributed by atoms with Crippen LogP contribution >= 0.6 is 0 Å². The van der Waals surface area contributed by atoms with Crippen LogP contribution in [0.5, 0.6) is 0 Å². The van der Waals surface area contributed by atoms with Crippen molar-refractivity contribution in [3.05, 3.63) is 63.2 Å². The zero-order valence-corrected chi connectivity index (χ0v) is 19.4. The quantitative estimate of drug-likeness (QED) is 0.485. The molecule has 2 aromatic rings. The lowest BCUT2D eigenvalue weighted by Gasteiger charge is -2.33. The summed E-state index contributed by atoms with van der Waals surface area (Å²) in [6, 6.07) is 9.01. The van der Waals surface area contributed by atoms with Gasteiger partial charge in [0.2, 0.25) is 15.9 Å². The monoisotopic (exact) mass is 459 g/mol. The molecule has 0 saturated heterocycles. The van der Waals surface area contributed by atoms with Crippen molar-refractivity contribution >= 4 is 27.3 Å². The maximum atomic E-state index is 13.8. The Kier molecular flexibility index (Phi) is 7.30. The highest BCUT2D eigenvalue weighted by Crippen LogP contribution is 2.31. The van der Waals surface area contributed by atoms with E-state index in [-0.39, 0.29) is 28.9 Å². The van der Waals surface area contributed by atoms with Gasteiger partial charge in [0.15, 0.2) is 0 Å². The molecule has 1 fully saturated rings. The van der Waals surface area contributed by atoms with E-state index in [1.807, 2.05) is 19.1 Å². The number of carbonyl (C=O) groups is 1. The number of nitrogens with zero attached hydrogens (tertiary/aromatic N) is 2. The second-order valence-electron chi connectivity index (χ2n) is 8.43. The van der Waals surface area contributed by atoms with Crippen molar-refractivity contribution in [2.24, 2.45) is 0 Å². The number of aryl methyl sites for hydroxylation is 3. The predicted octanol–water partition coefficient (Wildman–Crippen LogP) is 4.48. The van der Waals surface area contributed by atoms with Gasteiger partial charge in [-0.2, -0.15) is 4.31 Å². The molecule has 2 aromatic carbocycles. The van der Waals surface area contributed by atoms with Crippen LogP contribution in [0.2, 0.25) is 0 Å². The lowest BCUT2D eigenvalue weighted by Crippen LogP contribution is -2.46.